The summed E-state index contributed by atoms with van der Waals surface area (Å²) in [6, 6.07) is 9.85. The molecule has 2 aromatic rings. The molecule has 0 radical (unpaired) electrons. The van der Waals surface area contributed by atoms with Crippen LogP contribution in [0.2, 0.25) is 0 Å². The van der Waals surface area contributed by atoms with Crippen LogP contribution in [-0.2, 0) is 40.3 Å². The second-order valence-corrected chi connectivity index (χ2v) is 5.75. The van der Waals surface area contributed by atoms with E-state index in [-0.39, 0.29) is 24.7 Å². The molecule has 0 saturated heterocycles. The van der Waals surface area contributed by atoms with E-state index in [1.165, 1.54) is 0 Å². The molecule has 0 spiro atoms. The zero-order chi connectivity index (χ0) is 16.9. The minimum atomic E-state index is -0.262. The van der Waals surface area contributed by atoms with Gasteiger partial charge in [0.1, 0.15) is 0 Å². The topological polar surface area (TPSA) is 72.6 Å². The number of fused-ring (bicyclic) bond motifs is 1. The van der Waals surface area contributed by atoms with Crippen molar-refractivity contribution in [2.75, 3.05) is 6.61 Å². The summed E-state index contributed by atoms with van der Waals surface area (Å²) in [6.45, 7) is 3.10. The van der Waals surface area contributed by atoms with Gasteiger partial charge in [-0.05, 0) is 12.5 Å². The van der Waals surface area contributed by atoms with Gasteiger partial charge in [-0.25, -0.2) is 0 Å². The zero-order valence-electron chi connectivity index (χ0n) is 13.7. The van der Waals surface area contributed by atoms with Gasteiger partial charge in [0.05, 0.1) is 31.7 Å². The first-order valence-electron chi connectivity index (χ1n) is 8.11. The molecule has 0 unspecified atom stereocenters. The van der Waals surface area contributed by atoms with Gasteiger partial charge in [-0.15, -0.1) is 0 Å². The zero-order valence-corrected chi connectivity index (χ0v) is 13.7. The van der Waals surface area contributed by atoms with Crippen molar-refractivity contribution in [1.82, 2.24) is 10.1 Å². The van der Waals surface area contributed by atoms with E-state index in [0.717, 1.165) is 11.1 Å². The predicted octanol–water partition coefficient (Wildman–Crippen LogP) is 2.26. The molecule has 0 fully saturated rings. The van der Waals surface area contributed by atoms with Crippen LogP contribution in [0.3, 0.4) is 0 Å². The average Bonchev–Trinajstić information content (AvgIpc) is 2.96. The number of nitrogens with zero attached hydrogens (tertiary/aromatic N) is 2. The number of esters is 1. The maximum atomic E-state index is 12.4. The lowest BCUT2D eigenvalue weighted by Gasteiger charge is -2.25. The fourth-order valence-corrected chi connectivity index (χ4v) is 2.83. The standard InChI is InChI=1S/C18H20N2O4/c1-2-23-18(22)9-8-15-14-10-17(21)20(12-16(14)24-19-15)11-13-6-4-3-5-7-13/h3-7H,2,8-12H2,1H3. The van der Waals surface area contributed by atoms with Crippen LogP contribution in [0.1, 0.15) is 35.9 Å². The van der Waals surface area contributed by atoms with E-state index >= 15 is 0 Å². The van der Waals surface area contributed by atoms with Crippen LogP contribution in [-0.4, -0.2) is 28.5 Å². The molecule has 6 heteroatoms. The van der Waals surface area contributed by atoms with Gasteiger partial charge in [-0.3, -0.25) is 9.59 Å². The van der Waals surface area contributed by atoms with Crippen LogP contribution in [0.4, 0.5) is 0 Å². The van der Waals surface area contributed by atoms with Crippen molar-refractivity contribution in [1.29, 1.82) is 0 Å². The van der Waals surface area contributed by atoms with Crippen LogP contribution < -0.4 is 0 Å². The van der Waals surface area contributed by atoms with E-state index in [2.05, 4.69) is 5.16 Å². The number of carbonyl (C=O) groups is 2. The molecule has 0 atom stereocenters. The number of benzene rings is 1. The first-order valence-corrected chi connectivity index (χ1v) is 8.11. The molecule has 126 valence electrons. The van der Waals surface area contributed by atoms with Gasteiger partial charge < -0.3 is 14.2 Å². The highest BCUT2D eigenvalue weighted by molar-refractivity contribution is 5.81. The molecule has 1 amide bonds. The summed E-state index contributed by atoms with van der Waals surface area (Å²) < 4.78 is 10.3. The highest BCUT2D eigenvalue weighted by atomic mass is 16.5. The lowest BCUT2D eigenvalue weighted by atomic mass is 10.0. The summed E-state index contributed by atoms with van der Waals surface area (Å²) in [5.41, 5.74) is 2.59. The Morgan fingerprint density at radius 3 is 2.88 bits per heavy atom. The van der Waals surface area contributed by atoms with Crippen LogP contribution in [0.25, 0.3) is 0 Å². The predicted molar refractivity (Wildman–Crippen MR) is 85.9 cm³/mol. The number of hydrogen-bond donors (Lipinski definition) is 0. The van der Waals surface area contributed by atoms with Crippen molar-refractivity contribution >= 4 is 11.9 Å². The van der Waals surface area contributed by atoms with E-state index in [1.807, 2.05) is 30.3 Å². The molecule has 2 heterocycles. The SMILES string of the molecule is CCOC(=O)CCc1noc2c1CC(=O)N(Cc1ccccc1)C2. The van der Waals surface area contributed by atoms with Crippen molar-refractivity contribution in [2.24, 2.45) is 0 Å². The van der Waals surface area contributed by atoms with Crippen molar-refractivity contribution < 1.29 is 18.8 Å². The molecule has 0 N–H and O–H groups in total. The van der Waals surface area contributed by atoms with Gasteiger partial charge >= 0.3 is 5.97 Å². The summed E-state index contributed by atoms with van der Waals surface area (Å²) in [7, 11) is 0. The second-order valence-electron chi connectivity index (χ2n) is 5.75. The molecule has 24 heavy (non-hydrogen) atoms. The quantitative estimate of drug-likeness (QED) is 0.761. The average molecular weight is 328 g/mol. The van der Waals surface area contributed by atoms with Gasteiger partial charge in [-0.1, -0.05) is 35.5 Å². The molecule has 1 aliphatic rings. The van der Waals surface area contributed by atoms with Crippen molar-refractivity contribution in [2.45, 2.75) is 39.3 Å². The van der Waals surface area contributed by atoms with Gasteiger partial charge in [0.15, 0.2) is 5.76 Å². The van der Waals surface area contributed by atoms with Crippen LogP contribution in [0, 0.1) is 0 Å². The Labute approximate surface area is 140 Å². The Hall–Kier alpha value is -2.63. The highest BCUT2D eigenvalue weighted by Crippen LogP contribution is 2.25. The molecule has 0 aliphatic carbocycles. The maximum absolute atomic E-state index is 12.4. The molecule has 1 aliphatic heterocycles. The second kappa shape index (κ2) is 7.29. The fraction of sp³-hybridized carbons (Fsp3) is 0.389. The largest absolute Gasteiger partial charge is 0.466 e. The van der Waals surface area contributed by atoms with E-state index in [0.29, 0.717) is 37.6 Å². The number of amides is 1. The summed E-state index contributed by atoms with van der Waals surface area (Å²) in [5, 5.41) is 4.04. The highest BCUT2D eigenvalue weighted by Gasteiger charge is 2.29. The third-order valence-corrected chi connectivity index (χ3v) is 4.05. The summed E-state index contributed by atoms with van der Waals surface area (Å²) in [6.07, 6.45) is 0.947. The van der Waals surface area contributed by atoms with Crippen LogP contribution in [0.5, 0.6) is 0 Å². The fourth-order valence-electron chi connectivity index (χ4n) is 2.83. The summed E-state index contributed by atoms with van der Waals surface area (Å²) in [5.74, 6) is 0.499. The van der Waals surface area contributed by atoms with E-state index < -0.39 is 0 Å². The molecular formula is C18H20N2O4. The van der Waals surface area contributed by atoms with Gasteiger partial charge in [0, 0.05) is 18.5 Å². The van der Waals surface area contributed by atoms with Crippen LogP contribution in [0.15, 0.2) is 34.9 Å². The lowest BCUT2D eigenvalue weighted by molar-refractivity contribution is -0.143. The number of carbonyl (C=O) groups excluding carboxylic acids is 2. The minimum Gasteiger partial charge on any atom is -0.466 e. The van der Waals surface area contributed by atoms with Gasteiger partial charge in [0.2, 0.25) is 5.91 Å². The third kappa shape index (κ3) is 3.64. The van der Waals surface area contributed by atoms with Crippen molar-refractivity contribution in [3.8, 4) is 0 Å². The van der Waals surface area contributed by atoms with Crippen LogP contribution >= 0.6 is 0 Å². The Bertz CT molecular complexity index is 724. The first kappa shape index (κ1) is 16.2. The molecule has 1 aromatic heterocycles. The monoisotopic (exact) mass is 328 g/mol. The number of aromatic nitrogens is 1. The third-order valence-electron chi connectivity index (χ3n) is 4.05. The molecular weight excluding hydrogens is 308 g/mol. The number of aryl methyl sites for hydroxylation is 1. The number of ether oxygens (including phenoxy) is 1. The molecule has 0 saturated carbocycles. The molecule has 3 rings (SSSR count). The van der Waals surface area contributed by atoms with Gasteiger partial charge in [0.25, 0.3) is 0 Å². The van der Waals surface area contributed by atoms with E-state index in [1.54, 1.807) is 11.8 Å². The first-order chi connectivity index (χ1) is 11.7. The van der Waals surface area contributed by atoms with Gasteiger partial charge in [-0.2, -0.15) is 0 Å². The summed E-state index contributed by atoms with van der Waals surface area (Å²) >= 11 is 0. The number of rotatable bonds is 6. The van der Waals surface area contributed by atoms with E-state index in [9.17, 15) is 9.59 Å². The smallest absolute Gasteiger partial charge is 0.306 e. The number of hydrogen-bond acceptors (Lipinski definition) is 5. The Morgan fingerprint density at radius 2 is 2.12 bits per heavy atom. The molecule has 1 aromatic carbocycles. The molecule has 0 bridgehead atoms. The minimum absolute atomic E-state index is 0.0481. The van der Waals surface area contributed by atoms with Crippen molar-refractivity contribution in [3.05, 3.63) is 52.9 Å². The Kier molecular flexibility index (Phi) is 4.93. The molecule has 6 nitrogen and oxygen atoms in total. The normalized spacial score (nSPS) is 13.7. The van der Waals surface area contributed by atoms with E-state index in [4.69, 9.17) is 9.26 Å². The Morgan fingerprint density at radius 1 is 1.33 bits per heavy atom. The maximum Gasteiger partial charge on any atom is 0.306 e. The lowest BCUT2D eigenvalue weighted by Crippen LogP contribution is -2.35. The Balaban J connectivity index is 1.66. The summed E-state index contributed by atoms with van der Waals surface area (Å²) in [4.78, 5) is 25.6. The van der Waals surface area contributed by atoms with Crippen molar-refractivity contribution in [3.63, 3.8) is 0 Å².